The molecule has 142 valence electrons. The van der Waals surface area contributed by atoms with Crippen LogP contribution in [0.4, 0.5) is 4.79 Å². The minimum Gasteiger partial charge on any atom is -0.454 e. The number of carbonyl (C=O) groups excluding carboxylic acids is 2. The minimum absolute atomic E-state index is 0.0454. The molecular formula is C19H26N2O5. The van der Waals surface area contributed by atoms with Crippen molar-refractivity contribution >= 4 is 12.0 Å². The van der Waals surface area contributed by atoms with Crippen molar-refractivity contribution < 1.29 is 23.8 Å². The maximum absolute atomic E-state index is 12.5. The van der Waals surface area contributed by atoms with Gasteiger partial charge in [-0.2, -0.15) is 0 Å². The van der Waals surface area contributed by atoms with Crippen LogP contribution >= 0.6 is 0 Å². The van der Waals surface area contributed by atoms with Crippen LogP contribution in [0.5, 0.6) is 11.5 Å². The van der Waals surface area contributed by atoms with E-state index in [0.29, 0.717) is 25.4 Å². The summed E-state index contributed by atoms with van der Waals surface area (Å²) in [5.74, 6) is 1.16. The number of nitrogens with zero attached hydrogens (tertiary/aromatic N) is 1. The van der Waals surface area contributed by atoms with Crippen molar-refractivity contribution in [1.29, 1.82) is 0 Å². The molecule has 7 nitrogen and oxygen atoms in total. The highest BCUT2D eigenvalue weighted by atomic mass is 16.7. The number of carbonyl (C=O) groups is 2. The lowest BCUT2D eigenvalue weighted by atomic mass is 9.97. The third kappa shape index (κ3) is 4.59. The van der Waals surface area contributed by atoms with Crippen LogP contribution in [-0.4, -0.2) is 42.4 Å². The van der Waals surface area contributed by atoms with Gasteiger partial charge in [0.25, 0.3) is 0 Å². The quantitative estimate of drug-likeness (QED) is 0.895. The first-order chi connectivity index (χ1) is 12.3. The Morgan fingerprint density at radius 2 is 2.04 bits per heavy atom. The number of amides is 2. The van der Waals surface area contributed by atoms with Crippen molar-refractivity contribution in [3.8, 4) is 11.5 Å². The van der Waals surface area contributed by atoms with Gasteiger partial charge in [0.1, 0.15) is 5.60 Å². The molecule has 0 spiro atoms. The number of piperidine rings is 1. The van der Waals surface area contributed by atoms with E-state index in [1.54, 1.807) is 4.90 Å². The zero-order valence-corrected chi connectivity index (χ0v) is 15.5. The highest BCUT2D eigenvalue weighted by molar-refractivity contribution is 5.80. The van der Waals surface area contributed by atoms with Crippen LogP contribution in [-0.2, 0) is 16.1 Å². The zero-order chi connectivity index (χ0) is 18.7. The van der Waals surface area contributed by atoms with Crippen LogP contribution in [0.1, 0.15) is 39.2 Å². The number of hydrogen-bond donors (Lipinski definition) is 1. The molecule has 0 bridgehead atoms. The Labute approximate surface area is 153 Å². The van der Waals surface area contributed by atoms with E-state index in [9.17, 15) is 9.59 Å². The van der Waals surface area contributed by atoms with Gasteiger partial charge in [0.2, 0.25) is 12.7 Å². The minimum atomic E-state index is -0.536. The Hall–Kier alpha value is -2.44. The lowest BCUT2D eigenvalue weighted by Gasteiger charge is -2.33. The lowest BCUT2D eigenvalue weighted by Crippen LogP contribution is -2.46. The summed E-state index contributed by atoms with van der Waals surface area (Å²) in [5, 5.41) is 2.95. The highest BCUT2D eigenvalue weighted by Crippen LogP contribution is 2.32. The zero-order valence-electron chi connectivity index (χ0n) is 15.5. The van der Waals surface area contributed by atoms with Gasteiger partial charge in [0.05, 0.1) is 5.92 Å². The van der Waals surface area contributed by atoms with Crippen LogP contribution in [0.3, 0.4) is 0 Å². The normalized spacial score (nSPS) is 19.2. The standard InChI is InChI=1S/C19H26N2O5/c1-19(2,3)26-18(23)21-8-4-5-14(11-21)17(22)20-10-13-6-7-15-16(9-13)25-12-24-15/h6-7,9,14H,4-5,8,10-12H2,1-3H3,(H,20,22)/t14-/m0/s1. The summed E-state index contributed by atoms with van der Waals surface area (Å²) in [6, 6.07) is 5.62. The van der Waals surface area contributed by atoms with Crippen LogP contribution in [0, 0.1) is 5.92 Å². The van der Waals surface area contributed by atoms with Crippen molar-refractivity contribution in [3.05, 3.63) is 23.8 Å². The molecule has 0 radical (unpaired) electrons. The van der Waals surface area contributed by atoms with Crippen molar-refractivity contribution in [2.24, 2.45) is 5.92 Å². The molecule has 1 saturated heterocycles. The van der Waals surface area contributed by atoms with Gasteiger partial charge in [0.15, 0.2) is 11.5 Å². The average Bonchev–Trinajstić information content (AvgIpc) is 3.06. The monoisotopic (exact) mass is 362 g/mol. The summed E-state index contributed by atoms with van der Waals surface area (Å²) in [5.41, 5.74) is 0.411. The van der Waals surface area contributed by atoms with Gasteiger partial charge in [-0.25, -0.2) is 4.79 Å². The van der Waals surface area contributed by atoms with Crippen molar-refractivity contribution in [2.45, 2.75) is 45.8 Å². The second kappa shape index (κ2) is 7.43. The van der Waals surface area contributed by atoms with Crippen molar-refractivity contribution in [3.63, 3.8) is 0 Å². The summed E-state index contributed by atoms with van der Waals surface area (Å²) >= 11 is 0. The van der Waals surface area contributed by atoms with Crippen LogP contribution in [0.15, 0.2) is 18.2 Å². The second-order valence-corrected chi connectivity index (χ2v) is 7.67. The van der Waals surface area contributed by atoms with Gasteiger partial charge in [0, 0.05) is 19.6 Å². The van der Waals surface area contributed by atoms with Gasteiger partial charge in [-0.05, 0) is 51.3 Å². The van der Waals surface area contributed by atoms with E-state index < -0.39 is 5.60 Å². The molecule has 2 aliphatic rings. The fourth-order valence-electron chi connectivity index (χ4n) is 3.07. The maximum atomic E-state index is 12.5. The fourth-order valence-corrected chi connectivity index (χ4v) is 3.07. The number of fused-ring (bicyclic) bond motifs is 1. The lowest BCUT2D eigenvalue weighted by molar-refractivity contribution is -0.126. The molecule has 0 aliphatic carbocycles. The predicted octanol–water partition coefficient (Wildman–Crippen LogP) is 2.68. The van der Waals surface area contributed by atoms with E-state index >= 15 is 0 Å². The molecule has 0 saturated carbocycles. The highest BCUT2D eigenvalue weighted by Gasteiger charge is 2.30. The molecule has 3 rings (SSSR count). The molecule has 2 heterocycles. The molecule has 2 aliphatic heterocycles. The third-order valence-electron chi connectivity index (χ3n) is 4.35. The molecule has 26 heavy (non-hydrogen) atoms. The summed E-state index contributed by atoms with van der Waals surface area (Å²) in [4.78, 5) is 26.4. The number of benzene rings is 1. The van der Waals surface area contributed by atoms with Gasteiger partial charge in [-0.15, -0.1) is 0 Å². The van der Waals surface area contributed by atoms with Gasteiger partial charge in [-0.1, -0.05) is 6.07 Å². The number of ether oxygens (including phenoxy) is 3. The number of nitrogens with one attached hydrogen (secondary N) is 1. The second-order valence-electron chi connectivity index (χ2n) is 7.67. The Bertz CT molecular complexity index is 683. The molecule has 1 N–H and O–H groups in total. The Morgan fingerprint density at radius 1 is 1.27 bits per heavy atom. The van der Waals surface area contributed by atoms with E-state index in [4.69, 9.17) is 14.2 Å². The van der Waals surface area contributed by atoms with E-state index in [1.165, 1.54) is 0 Å². The number of likely N-dealkylation sites (tertiary alicyclic amines) is 1. The Morgan fingerprint density at radius 3 is 2.81 bits per heavy atom. The summed E-state index contributed by atoms with van der Waals surface area (Å²) in [6.45, 7) is 7.17. The summed E-state index contributed by atoms with van der Waals surface area (Å²) in [6.07, 6.45) is 1.21. The average molecular weight is 362 g/mol. The maximum Gasteiger partial charge on any atom is 0.410 e. The molecule has 0 aromatic heterocycles. The van der Waals surface area contributed by atoms with E-state index in [0.717, 1.165) is 24.2 Å². The van der Waals surface area contributed by atoms with E-state index in [1.807, 2.05) is 39.0 Å². The number of rotatable bonds is 3. The molecule has 2 amide bonds. The van der Waals surface area contributed by atoms with E-state index in [-0.39, 0.29) is 24.7 Å². The smallest absolute Gasteiger partial charge is 0.410 e. The van der Waals surface area contributed by atoms with Gasteiger partial charge < -0.3 is 24.4 Å². The first kappa shape index (κ1) is 18.4. The largest absolute Gasteiger partial charge is 0.454 e. The first-order valence-electron chi connectivity index (χ1n) is 8.96. The first-order valence-corrected chi connectivity index (χ1v) is 8.96. The molecule has 0 unspecified atom stereocenters. The SMILES string of the molecule is CC(C)(C)OC(=O)N1CCC[C@H](C(=O)NCc2ccc3c(c2)OCO3)C1. The molecular weight excluding hydrogens is 336 g/mol. The van der Waals surface area contributed by atoms with Crippen LogP contribution in [0.25, 0.3) is 0 Å². The fraction of sp³-hybridized carbons (Fsp3) is 0.579. The van der Waals surface area contributed by atoms with E-state index in [2.05, 4.69) is 5.32 Å². The Kier molecular flexibility index (Phi) is 5.25. The molecule has 1 aromatic carbocycles. The summed E-state index contributed by atoms with van der Waals surface area (Å²) < 4.78 is 16.0. The molecule has 1 fully saturated rings. The summed E-state index contributed by atoms with van der Waals surface area (Å²) in [7, 11) is 0. The van der Waals surface area contributed by atoms with Crippen LogP contribution < -0.4 is 14.8 Å². The van der Waals surface area contributed by atoms with Gasteiger partial charge >= 0.3 is 6.09 Å². The van der Waals surface area contributed by atoms with Crippen molar-refractivity contribution in [1.82, 2.24) is 10.2 Å². The van der Waals surface area contributed by atoms with Gasteiger partial charge in [-0.3, -0.25) is 4.79 Å². The molecule has 1 aromatic rings. The molecule has 1 atom stereocenters. The van der Waals surface area contributed by atoms with Crippen molar-refractivity contribution in [2.75, 3.05) is 19.9 Å². The topological polar surface area (TPSA) is 77.1 Å². The Balaban J connectivity index is 1.52. The molecule has 7 heteroatoms. The predicted molar refractivity (Wildman–Crippen MR) is 94.9 cm³/mol. The number of hydrogen-bond acceptors (Lipinski definition) is 5. The van der Waals surface area contributed by atoms with Crippen LogP contribution in [0.2, 0.25) is 0 Å². The third-order valence-corrected chi connectivity index (χ3v) is 4.35.